The molecule has 0 saturated carbocycles. The summed E-state index contributed by atoms with van der Waals surface area (Å²) in [5.41, 5.74) is 3.23. The van der Waals surface area contributed by atoms with Crippen molar-refractivity contribution in [1.29, 1.82) is 0 Å². The highest BCUT2D eigenvalue weighted by Gasteiger charge is 2.17. The lowest BCUT2D eigenvalue weighted by Crippen LogP contribution is -2.38. The van der Waals surface area contributed by atoms with E-state index in [9.17, 15) is 4.79 Å². The smallest absolute Gasteiger partial charge is 0.315 e. The monoisotopic (exact) mass is 319 g/mol. The van der Waals surface area contributed by atoms with E-state index >= 15 is 0 Å². The highest BCUT2D eigenvalue weighted by atomic mass is 32.1. The van der Waals surface area contributed by atoms with Crippen LogP contribution in [0.1, 0.15) is 29.1 Å². The fourth-order valence-electron chi connectivity index (χ4n) is 2.11. The Morgan fingerprint density at radius 2 is 2.00 bits per heavy atom. The number of aryl methyl sites for hydroxylation is 2. The van der Waals surface area contributed by atoms with Crippen LogP contribution in [0.5, 0.6) is 0 Å². The summed E-state index contributed by atoms with van der Waals surface area (Å²) in [5.74, 6) is 0. The summed E-state index contributed by atoms with van der Waals surface area (Å²) in [4.78, 5) is 17.3. The lowest BCUT2D eigenvalue weighted by Gasteiger charge is -2.13. The number of aromatic nitrogens is 1. The van der Waals surface area contributed by atoms with E-state index in [0.717, 1.165) is 21.1 Å². The van der Waals surface area contributed by atoms with Crippen LogP contribution in [-0.4, -0.2) is 29.3 Å². The van der Waals surface area contributed by atoms with Crippen molar-refractivity contribution in [1.82, 2.24) is 15.6 Å². The van der Waals surface area contributed by atoms with E-state index in [1.807, 2.05) is 13.8 Å². The van der Waals surface area contributed by atoms with Crippen LogP contribution in [0.25, 0.3) is 10.6 Å². The van der Waals surface area contributed by atoms with Crippen LogP contribution in [0.15, 0.2) is 24.3 Å². The molecule has 1 aromatic heterocycles. The number of nitrogens with zero attached hydrogens (tertiary/aromatic N) is 1. The van der Waals surface area contributed by atoms with Crippen molar-refractivity contribution in [2.45, 2.75) is 26.8 Å². The second-order valence-corrected chi connectivity index (χ2v) is 6.21. The second-order valence-electron chi connectivity index (χ2n) is 5.18. The van der Waals surface area contributed by atoms with Gasteiger partial charge < -0.3 is 15.7 Å². The molecule has 0 spiro atoms. The van der Waals surface area contributed by atoms with Crippen molar-refractivity contribution in [2.24, 2.45) is 0 Å². The number of benzene rings is 1. The Labute approximate surface area is 134 Å². The van der Waals surface area contributed by atoms with Gasteiger partial charge in [0, 0.05) is 12.1 Å². The fourth-order valence-corrected chi connectivity index (χ4v) is 3.19. The molecular weight excluding hydrogens is 298 g/mol. The van der Waals surface area contributed by atoms with Crippen LogP contribution in [0, 0.1) is 13.8 Å². The number of rotatable bonds is 5. The molecule has 0 aliphatic heterocycles. The van der Waals surface area contributed by atoms with Gasteiger partial charge in [-0.05, 0) is 20.8 Å². The van der Waals surface area contributed by atoms with Gasteiger partial charge in [0.25, 0.3) is 0 Å². The van der Waals surface area contributed by atoms with E-state index in [-0.39, 0.29) is 25.2 Å². The molecule has 2 aromatic rings. The Hall–Kier alpha value is -1.92. The molecular formula is C16H21N3O2S. The Bertz CT molecular complexity index is 637. The second kappa shape index (κ2) is 7.38. The molecule has 0 fully saturated rings. The van der Waals surface area contributed by atoms with Gasteiger partial charge in [-0.2, -0.15) is 0 Å². The predicted molar refractivity (Wildman–Crippen MR) is 89.1 cm³/mol. The van der Waals surface area contributed by atoms with E-state index in [2.05, 4.69) is 46.8 Å². The van der Waals surface area contributed by atoms with Gasteiger partial charge in [0.2, 0.25) is 0 Å². The summed E-state index contributed by atoms with van der Waals surface area (Å²) in [5, 5.41) is 15.1. The summed E-state index contributed by atoms with van der Waals surface area (Å²) < 4.78 is 0. The van der Waals surface area contributed by atoms with Crippen molar-refractivity contribution in [3.8, 4) is 10.6 Å². The molecule has 5 nitrogen and oxygen atoms in total. The zero-order valence-electron chi connectivity index (χ0n) is 13.0. The van der Waals surface area contributed by atoms with Gasteiger partial charge >= 0.3 is 6.03 Å². The molecule has 2 amide bonds. The molecule has 6 heteroatoms. The van der Waals surface area contributed by atoms with Gasteiger partial charge in [0.1, 0.15) is 5.01 Å². The Kier molecular flexibility index (Phi) is 5.51. The number of nitrogens with one attached hydrogen (secondary N) is 2. The number of amides is 2. The van der Waals surface area contributed by atoms with E-state index in [1.54, 1.807) is 11.3 Å². The Morgan fingerprint density at radius 3 is 2.64 bits per heavy atom. The maximum atomic E-state index is 11.7. The first-order valence-corrected chi connectivity index (χ1v) is 8.02. The minimum absolute atomic E-state index is 0.0705. The van der Waals surface area contributed by atoms with Crippen LogP contribution in [0.4, 0.5) is 4.79 Å². The normalized spacial score (nSPS) is 12.0. The summed E-state index contributed by atoms with van der Waals surface area (Å²) in [6, 6.07) is 7.83. The molecule has 0 bridgehead atoms. The molecule has 2 rings (SSSR count). The fraction of sp³-hybridized carbons (Fsp3) is 0.375. The maximum absolute atomic E-state index is 11.7. The SMILES string of the molecule is Cc1ccc(-c2nc(C)c(C(C)NC(=O)NCCO)s2)cc1. The van der Waals surface area contributed by atoms with E-state index in [1.165, 1.54) is 5.56 Å². The summed E-state index contributed by atoms with van der Waals surface area (Å²) in [6.07, 6.45) is 0. The third-order valence-corrected chi connectivity index (χ3v) is 4.66. The summed E-state index contributed by atoms with van der Waals surface area (Å²) >= 11 is 1.59. The molecule has 1 aromatic carbocycles. The number of carbonyl (C=O) groups is 1. The van der Waals surface area contributed by atoms with Crippen LogP contribution in [-0.2, 0) is 0 Å². The highest BCUT2D eigenvalue weighted by molar-refractivity contribution is 7.15. The first-order chi connectivity index (χ1) is 10.5. The number of hydrogen-bond donors (Lipinski definition) is 3. The molecule has 3 N–H and O–H groups in total. The van der Waals surface area contributed by atoms with E-state index in [0.29, 0.717) is 0 Å². The van der Waals surface area contributed by atoms with Gasteiger partial charge in [0.05, 0.1) is 23.2 Å². The molecule has 0 radical (unpaired) electrons. The molecule has 1 heterocycles. The van der Waals surface area contributed by atoms with Crippen molar-refractivity contribution in [2.75, 3.05) is 13.2 Å². The zero-order valence-corrected chi connectivity index (χ0v) is 13.8. The number of aliphatic hydroxyl groups excluding tert-OH is 1. The highest BCUT2D eigenvalue weighted by Crippen LogP contribution is 2.31. The Morgan fingerprint density at radius 1 is 1.32 bits per heavy atom. The van der Waals surface area contributed by atoms with Crippen molar-refractivity contribution < 1.29 is 9.90 Å². The molecule has 118 valence electrons. The number of hydrogen-bond acceptors (Lipinski definition) is 4. The van der Waals surface area contributed by atoms with Crippen molar-refractivity contribution >= 4 is 17.4 Å². The van der Waals surface area contributed by atoms with E-state index < -0.39 is 0 Å². The average molecular weight is 319 g/mol. The summed E-state index contributed by atoms with van der Waals surface area (Å²) in [7, 11) is 0. The first kappa shape index (κ1) is 16.5. The van der Waals surface area contributed by atoms with E-state index in [4.69, 9.17) is 5.11 Å². The van der Waals surface area contributed by atoms with Crippen LogP contribution in [0.3, 0.4) is 0 Å². The number of thiazole rings is 1. The molecule has 22 heavy (non-hydrogen) atoms. The van der Waals surface area contributed by atoms with Crippen molar-refractivity contribution in [3.63, 3.8) is 0 Å². The van der Waals surface area contributed by atoms with Gasteiger partial charge in [0.15, 0.2) is 0 Å². The minimum atomic E-state index is -0.286. The van der Waals surface area contributed by atoms with Crippen molar-refractivity contribution in [3.05, 3.63) is 40.4 Å². The van der Waals surface area contributed by atoms with Crippen LogP contribution in [0.2, 0.25) is 0 Å². The van der Waals surface area contributed by atoms with Crippen LogP contribution < -0.4 is 10.6 Å². The maximum Gasteiger partial charge on any atom is 0.315 e. The lowest BCUT2D eigenvalue weighted by atomic mass is 10.2. The largest absolute Gasteiger partial charge is 0.395 e. The zero-order chi connectivity index (χ0) is 16.1. The third kappa shape index (κ3) is 4.05. The van der Waals surface area contributed by atoms with Gasteiger partial charge in [-0.1, -0.05) is 29.8 Å². The first-order valence-electron chi connectivity index (χ1n) is 7.21. The average Bonchev–Trinajstić information content (AvgIpc) is 2.88. The van der Waals surface area contributed by atoms with Gasteiger partial charge in [-0.3, -0.25) is 0 Å². The van der Waals surface area contributed by atoms with Gasteiger partial charge in [-0.15, -0.1) is 11.3 Å². The quantitative estimate of drug-likeness (QED) is 0.793. The number of aliphatic hydroxyl groups is 1. The summed E-state index contributed by atoms with van der Waals surface area (Å²) in [6.45, 7) is 6.11. The Balaban J connectivity index is 2.12. The molecule has 0 aliphatic rings. The molecule has 0 saturated heterocycles. The number of carbonyl (C=O) groups excluding carboxylic acids is 1. The molecule has 1 atom stereocenters. The van der Waals surface area contributed by atoms with Gasteiger partial charge in [-0.25, -0.2) is 9.78 Å². The lowest BCUT2D eigenvalue weighted by molar-refractivity contribution is 0.231. The van der Waals surface area contributed by atoms with Crippen LogP contribution >= 0.6 is 11.3 Å². The molecule has 1 unspecified atom stereocenters. The predicted octanol–water partition coefficient (Wildman–Crippen LogP) is 2.78. The molecule has 0 aliphatic carbocycles. The third-order valence-electron chi connectivity index (χ3n) is 3.27. The minimum Gasteiger partial charge on any atom is -0.395 e. The topological polar surface area (TPSA) is 74.2 Å². The standard InChI is InChI=1S/C16H21N3O2S/c1-10-4-6-13(7-5-10)15-18-11(2)14(22-15)12(3)19-16(21)17-8-9-20/h4-7,12,20H,8-9H2,1-3H3,(H2,17,19,21). The number of urea groups is 1.